The number of nitrogens with zero attached hydrogens (tertiary/aromatic N) is 2. The topological polar surface area (TPSA) is 77.9 Å². The minimum Gasteiger partial charge on any atom is -0.462 e. The first-order chi connectivity index (χ1) is 12.2. The lowest BCUT2D eigenvalue weighted by Gasteiger charge is -2.17. The monoisotopic (exact) mass is 358 g/mol. The van der Waals surface area contributed by atoms with E-state index in [1.165, 1.54) is 0 Å². The molecule has 6 heteroatoms. The second-order valence-corrected chi connectivity index (χ2v) is 6.52. The van der Waals surface area contributed by atoms with Crippen LogP contribution in [-0.4, -0.2) is 35.0 Å². The van der Waals surface area contributed by atoms with Gasteiger partial charge in [-0.1, -0.05) is 18.7 Å². The zero-order valence-electron chi connectivity index (χ0n) is 16.0. The molecule has 0 saturated heterocycles. The van der Waals surface area contributed by atoms with E-state index in [1.54, 1.807) is 65.1 Å². The van der Waals surface area contributed by atoms with Gasteiger partial charge in [-0.3, -0.25) is 4.98 Å². The molecule has 1 aromatic rings. The summed E-state index contributed by atoms with van der Waals surface area (Å²) in [6.07, 6.45) is 4.76. The molecule has 0 radical (unpaired) electrons. The Kier molecular flexibility index (Phi) is 7.90. The van der Waals surface area contributed by atoms with Gasteiger partial charge in [-0.15, -0.1) is 0 Å². The van der Waals surface area contributed by atoms with Crippen LogP contribution in [0.15, 0.2) is 42.1 Å². The minimum absolute atomic E-state index is 0.280. The predicted molar refractivity (Wildman–Crippen MR) is 102 cm³/mol. The van der Waals surface area contributed by atoms with Crippen LogP contribution in [0.4, 0.5) is 4.79 Å². The van der Waals surface area contributed by atoms with E-state index < -0.39 is 17.7 Å². The number of amides is 1. The van der Waals surface area contributed by atoms with E-state index in [1.807, 2.05) is 0 Å². The van der Waals surface area contributed by atoms with E-state index in [4.69, 9.17) is 9.47 Å². The zero-order valence-corrected chi connectivity index (χ0v) is 16.0. The lowest BCUT2D eigenvalue weighted by Crippen LogP contribution is -2.22. The molecule has 0 atom stereocenters. The van der Waals surface area contributed by atoms with Gasteiger partial charge >= 0.3 is 12.1 Å². The van der Waals surface area contributed by atoms with Crippen LogP contribution >= 0.6 is 0 Å². The molecule has 1 aromatic heterocycles. The normalized spacial score (nSPS) is 12.5. The smallest absolute Gasteiger partial charge is 0.434 e. The number of carbonyl (C=O) groups excluding carboxylic acids is 2. The summed E-state index contributed by atoms with van der Waals surface area (Å²) in [4.78, 5) is 32.0. The number of aliphatic imine (C=N–C) groups is 1. The number of ether oxygens (including phenoxy) is 2. The molecule has 0 aromatic carbocycles. The molecule has 0 unspecified atom stereocenters. The Morgan fingerprint density at radius 1 is 1.35 bits per heavy atom. The molecule has 0 aliphatic carbocycles. The molecule has 1 rings (SSSR count). The van der Waals surface area contributed by atoms with Crippen molar-refractivity contribution >= 4 is 23.3 Å². The number of aromatic nitrogens is 1. The fourth-order valence-corrected chi connectivity index (χ4v) is 2.03. The van der Waals surface area contributed by atoms with E-state index >= 15 is 0 Å². The molecule has 0 saturated carbocycles. The molecule has 140 valence electrons. The lowest BCUT2D eigenvalue weighted by atomic mass is 10.0. The Morgan fingerprint density at radius 2 is 2.04 bits per heavy atom. The number of pyridine rings is 1. The first-order valence-corrected chi connectivity index (χ1v) is 8.40. The second-order valence-electron chi connectivity index (χ2n) is 6.52. The van der Waals surface area contributed by atoms with Crippen LogP contribution in [-0.2, 0) is 9.47 Å². The van der Waals surface area contributed by atoms with Gasteiger partial charge < -0.3 is 9.47 Å². The van der Waals surface area contributed by atoms with Crippen molar-refractivity contribution in [3.63, 3.8) is 0 Å². The summed E-state index contributed by atoms with van der Waals surface area (Å²) in [5, 5.41) is 0. The predicted octanol–water partition coefficient (Wildman–Crippen LogP) is 4.61. The summed E-state index contributed by atoms with van der Waals surface area (Å²) in [7, 11) is 0. The standard InChI is InChI=1S/C20H26N2O4/c1-7-15(12-11-14(3)22-19(24)26-20(4,5)6)17-16(10-9-13-21-17)18(23)25-8-2/h7,9-10,12-13H,1,8,11H2,2-6H3/b15-12+,22-14?. The number of allylic oxidation sites excluding steroid dienone is 3. The molecule has 0 bridgehead atoms. The molecule has 1 heterocycles. The van der Waals surface area contributed by atoms with Crippen molar-refractivity contribution in [1.82, 2.24) is 4.98 Å². The maximum Gasteiger partial charge on any atom is 0.434 e. The van der Waals surface area contributed by atoms with E-state index in [0.29, 0.717) is 29.0 Å². The van der Waals surface area contributed by atoms with Crippen molar-refractivity contribution in [2.75, 3.05) is 6.61 Å². The maximum absolute atomic E-state index is 12.1. The van der Waals surface area contributed by atoms with E-state index in [9.17, 15) is 9.59 Å². The summed E-state index contributed by atoms with van der Waals surface area (Å²) in [6.45, 7) is 12.9. The molecule has 0 fully saturated rings. The molecule has 1 amide bonds. The van der Waals surface area contributed by atoms with Gasteiger partial charge in [-0.25, -0.2) is 9.59 Å². The first kappa shape index (κ1) is 21.3. The van der Waals surface area contributed by atoms with Crippen molar-refractivity contribution in [1.29, 1.82) is 0 Å². The largest absolute Gasteiger partial charge is 0.462 e. The fourth-order valence-electron chi connectivity index (χ4n) is 2.03. The van der Waals surface area contributed by atoms with Crippen LogP contribution in [0, 0.1) is 0 Å². The number of hydrogen-bond donors (Lipinski definition) is 0. The molecular formula is C20H26N2O4. The lowest BCUT2D eigenvalue weighted by molar-refractivity contribution is 0.0524. The van der Waals surface area contributed by atoms with Crippen molar-refractivity contribution in [3.05, 3.63) is 48.3 Å². The summed E-state index contributed by atoms with van der Waals surface area (Å²) in [6, 6.07) is 3.32. The molecule has 0 N–H and O–H groups in total. The Labute approximate surface area is 154 Å². The van der Waals surface area contributed by atoms with E-state index in [2.05, 4.69) is 16.6 Å². The SMILES string of the molecule is C=C/C(=C\CC(C)=NC(=O)OC(C)(C)C)c1ncccc1C(=O)OCC. The van der Waals surface area contributed by atoms with Crippen molar-refractivity contribution in [2.45, 2.75) is 46.6 Å². The van der Waals surface area contributed by atoms with Crippen LogP contribution in [0.5, 0.6) is 0 Å². The van der Waals surface area contributed by atoms with E-state index in [-0.39, 0.29) is 6.61 Å². The van der Waals surface area contributed by atoms with Gasteiger partial charge in [0.25, 0.3) is 0 Å². The van der Waals surface area contributed by atoms with Crippen LogP contribution in [0.25, 0.3) is 5.57 Å². The summed E-state index contributed by atoms with van der Waals surface area (Å²) >= 11 is 0. The highest BCUT2D eigenvalue weighted by molar-refractivity contribution is 5.97. The summed E-state index contributed by atoms with van der Waals surface area (Å²) in [5.74, 6) is -0.442. The Bertz CT molecular complexity index is 728. The zero-order chi connectivity index (χ0) is 19.7. The van der Waals surface area contributed by atoms with Crippen LogP contribution < -0.4 is 0 Å². The van der Waals surface area contributed by atoms with Gasteiger partial charge in [0.05, 0.1) is 17.9 Å². The fraction of sp³-hybridized carbons (Fsp3) is 0.400. The Hall–Kier alpha value is -2.76. The van der Waals surface area contributed by atoms with Gasteiger partial charge in [0.1, 0.15) is 5.60 Å². The highest BCUT2D eigenvalue weighted by Gasteiger charge is 2.16. The van der Waals surface area contributed by atoms with Crippen molar-refractivity contribution in [3.8, 4) is 0 Å². The minimum atomic E-state index is -0.631. The number of rotatable bonds is 6. The van der Waals surface area contributed by atoms with Gasteiger partial charge in [0.15, 0.2) is 0 Å². The summed E-state index contributed by atoms with van der Waals surface area (Å²) < 4.78 is 10.2. The van der Waals surface area contributed by atoms with Crippen LogP contribution in [0.2, 0.25) is 0 Å². The first-order valence-electron chi connectivity index (χ1n) is 8.40. The Balaban J connectivity index is 3.01. The average molecular weight is 358 g/mol. The average Bonchev–Trinajstić information content (AvgIpc) is 2.54. The number of esters is 1. The van der Waals surface area contributed by atoms with E-state index in [0.717, 1.165) is 0 Å². The highest BCUT2D eigenvalue weighted by atomic mass is 16.6. The van der Waals surface area contributed by atoms with Gasteiger partial charge in [-0.05, 0) is 52.3 Å². The molecule has 0 spiro atoms. The van der Waals surface area contributed by atoms with Crippen molar-refractivity contribution in [2.24, 2.45) is 4.99 Å². The molecule has 6 nitrogen and oxygen atoms in total. The molecule has 0 aliphatic rings. The molecular weight excluding hydrogens is 332 g/mol. The molecule has 26 heavy (non-hydrogen) atoms. The third kappa shape index (κ3) is 7.01. The van der Waals surface area contributed by atoms with Gasteiger partial charge in [0.2, 0.25) is 0 Å². The number of hydrogen-bond acceptors (Lipinski definition) is 5. The third-order valence-corrected chi connectivity index (χ3v) is 3.09. The van der Waals surface area contributed by atoms with Gasteiger partial charge in [-0.2, -0.15) is 4.99 Å². The Morgan fingerprint density at radius 3 is 2.62 bits per heavy atom. The maximum atomic E-state index is 12.1. The van der Waals surface area contributed by atoms with Gasteiger partial charge in [0, 0.05) is 18.3 Å². The van der Waals surface area contributed by atoms with Crippen LogP contribution in [0.3, 0.4) is 0 Å². The summed E-state index contributed by atoms with van der Waals surface area (Å²) in [5.41, 5.74) is 1.48. The quantitative estimate of drug-likeness (QED) is 0.421. The highest BCUT2D eigenvalue weighted by Crippen LogP contribution is 2.19. The number of carbonyl (C=O) groups is 2. The van der Waals surface area contributed by atoms with Crippen LogP contribution in [0.1, 0.15) is 57.1 Å². The second kappa shape index (κ2) is 9.65. The van der Waals surface area contributed by atoms with Crippen molar-refractivity contribution < 1.29 is 19.1 Å². The third-order valence-electron chi connectivity index (χ3n) is 3.09. The molecule has 0 aliphatic heterocycles.